The van der Waals surface area contributed by atoms with E-state index in [1.54, 1.807) is 19.6 Å². The fourth-order valence-corrected chi connectivity index (χ4v) is 3.52. The van der Waals surface area contributed by atoms with Crippen LogP contribution >= 0.6 is 0 Å². The second kappa shape index (κ2) is 15.8. The molecule has 13 heteroatoms. The van der Waals surface area contributed by atoms with Crippen molar-refractivity contribution in [1.29, 1.82) is 0 Å². The van der Waals surface area contributed by atoms with Crippen LogP contribution in [0.1, 0.15) is 13.3 Å². The first-order valence-corrected chi connectivity index (χ1v) is 9.81. The van der Waals surface area contributed by atoms with E-state index in [2.05, 4.69) is 0 Å². The number of carboxylic acid groups (broad SMARTS) is 4. The van der Waals surface area contributed by atoms with E-state index in [1.165, 1.54) is 0 Å². The number of rotatable bonds is 9. The number of carboxylic acids is 4. The van der Waals surface area contributed by atoms with Crippen LogP contribution in [-0.4, -0.2) is 122 Å². The first kappa shape index (κ1) is 30.0. The van der Waals surface area contributed by atoms with Crippen molar-refractivity contribution in [2.45, 2.75) is 19.4 Å². The Kier molecular flexibility index (Phi) is 15.3. The van der Waals surface area contributed by atoms with Crippen LogP contribution in [0.25, 0.3) is 0 Å². The maximum atomic E-state index is 11.2. The normalized spacial score (nSPS) is 20.7. The molecule has 1 atom stereocenters. The summed E-state index contributed by atoms with van der Waals surface area (Å²) in [5.41, 5.74) is 0. The summed E-state index contributed by atoms with van der Waals surface area (Å²) in [5, 5.41) is 44.5. The van der Waals surface area contributed by atoms with Gasteiger partial charge in [-0.05, 0) is 6.42 Å². The molecular formula is C18H28GdN4O8-. The molecule has 0 amide bonds. The molecule has 0 bridgehead atoms. The summed E-state index contributed by atoms with van der Waals surface area (Å²) < 4.78 is 0. The van der Waals surface area contributed by atoms with Crippen LogP contribution in [0, 0.1) is 39.9 Å². The molecule has 0 spiro atoms. The maximum Gasteiger partial charge on any atom is 3.00 e. The Morgan fingerprint density at radius 2 is 1.00 bits per heavy atom. The van der Waals surface area contributed by atoms with Crippen molar-refractivity contribution in [3.8, 4) is 0 Å². The molecule has 1 aliphatic rings. The Morgan fingerprint density at radius 3 is 1.39 bits per heavy atom. The number of nitrogens with zero attached hydrogens (tertiary/aromatic N) is 4. The summed E-state index contributed by atoms with van der Waals surface area (Å²) in [6.07, 6.45) is 0.514. The van der Waals surface area contributed by atoms with E-state index in [-0.39, 0.29) is 118 Å². The molecule has 0 saturated carbocycles. The number of aliphatic carboxylic acids is 4. The standard InChI is InChI=1S/C18H32N4O8.Gd/c1-2-14-9-21(12-17(27)28)6-5-19(10-15(23)24)3-4-20(11-16(25)26)7-8-22(14)13-18(29)30;/h14H,2-13H2,1H3,(H,23,24)(H,25,26)(H,27,28)(H,29,30);/q;+3/p-4. The molecule has 177 valence electrons. The van der Waals surface area contributed by atoms with Crippen molar-refractivity contribution in [3.63, 3.8) is 0 Å². The van der Waals surface area contributed by atoms with Crippen LogP contribution in [0.2, 0.25) is 0 Å². The molecule has 0 aliphatic carbocycles. The van der Waals surface area contributed by atoms with Gasteiger partial charge in [0.1, 0.15) is 0 Å². The molecule has 1 radical (unpaired) electrons. The van der Waals surface area contributed by atoms with E-state index in [0.29, 0.717) is 6.42 Å². The van der Waals surface area contributed by atoms with Gasteiger partial charge in [-0.1, -0.05) is 6.92 Å². The monoisotopic (exact) mass is 586 g/mol. The van der Waals surface area contributed by atoms with Crippen LogP contribution in [0.3, 0.4) is 0 Å². The number of hydrogen-bond acceptors (Lipinski definition) is 12. The third kappa shape index (κ3) is 13.2. The zero-order valence-corrected chi connectivity index (χ0v) is 19.7. The number of hydrogen-bond donors (Lipinski definition) is 0. The minimum absolute atomic E-state index is 0. The van der Waals surface area contributed by atoms with E-state index in [1.807, 2.05) is 6.92 Å². The van der Waals surface area contributed by atoms with Crippen LogP contribution in [0.5, 0.6) is 0 Å². The third-order valence-corrected chi connectivity index (χ3v) is 5.02. The maximum absolute atomic E-state index is 11.2. The van der Waals surface area contributed by atoms with Gasteiger partial charge in [0.2, 0.25) is 0 Å². The van der Waals surface area contributed by atoms with Gasteiger partial charge in [-0.2, -0.15) is 0 Å². The van der Waals surface area contributed by atoms with Crippen LogP contribution in [-0.2, 0) is 19.2 Å². The quantitative estimate of drug-likeness (QED) is 0.251. The van der Waals surface area contributed by atoms with E-state index < -0.39 is 23.9 Å². The van der Waals surface area contributed by atoms with Gasteiger partial charge in [-0.25, -0.2) is 0 Å². The third-order valence-electron chi connectivity index (χ3n) is 5.02. The van der Waals surface area contributed by atoms with E-state index in [0.717, 1.165) is 0 Å². The van der Waals surface area contributed by atoms with E-state index in [9.17, 15) is 39.6 Å². The molecule has 0 N–H and O–H groups in total. The molecule has 1 heterocycles. The van der Waals surface area contributed by atoms with Crippen molar-refractivity contribution < 1.29 is 79.5 Å². The largest absolute Gasteiger partial charge is 3.00 e. The van der Waals surface area contributed by atoms with Gasteiger partial charge < -0.3 is 39.6 Å². The Morgan fingerprint density at radius 1 is 0.645 bits per heavy atom. The van der Waals surface area contributed by atoms with Gasteiger partial charge in [0.05, 0.1) is 23.9 Å². The van der Waals surface area contributed by atoms with Gasteiger partial charge in [0.25, 0.3) is 0 Å². The Balaban J connectivity index is 0.00000900. The minimum atomic E-state index is -1.30. The minimum Gasteiger partial charge on any atom is -0.549 e. The van der Waals surface area contributed by atoms with Crippen molar-refractivity contribution in [3.05, 3.63) is 0 Å². The molecule has 12 nitrogen and oxygen atoms in total. The SMILES string of the molecule is CCC1CN(CC(=O)[O-])CCN(CC(=O)[O-])CCN(CC(=O)[O-])CCN1CC(=O)[O-].[Gd+3]. The second-order valence-corrected chi connectivity index (χ2v) is 7.31. The molecule has 0 aromatic heterocycles. The van der Waals surface area contributed by atoms with E-state index >= 15 is 0 Å². The Labute approximate surface area is 213 Å². The van der Waals surface area contributed by atoms with Crippen molar-refractivity contribution >= 4 is 23.9 Å². The molecule has 1 unspecified atom stereocenters. The number of carbonyl (C=O) groups excluding carboxylic acids is 4. The van der Waals surface area contributed by atoms with Crippen molar-refractivity contribution in [2.75, 3.05) is 72.0 Å². The zero-order valence-electron chi connectivity index (χ0n) is 17.5. The van der Waals surface area contributed by atoms with Crippen LogP contribution in [0.4, 0.5) is 0 Å². The Hall–Kier alpha value is -0.955. The van der Waals surface area contributed by atoms with Gasteiger partial charge in [-0.3, -0.25) is 19.6 Å². The molecule has 0 aromatic carbocycles. The summed E-state index contributed by atoms with van der Waals surface area (Å²) in [7, 11) is 0. The second-order valence-electron chi connectivity index (χ2n) is 7.31. The first-order valence-electron chi connectivity index (χ1n) is 9.81. The molecule has 1 saturated heterocycles. The average molecular weight is 586 g/mol. The number of carbonyl (C=O) groups is 4. The van der Waals surface area contributed by atoms with Crippen LogP contribution in [0.15, 0.2) is 0 Å². The summed E-state index contributed by atoms with van der Waals surface area (Å²) in [6.45, 7) is 1.76. The molecule has 1 fully saturated rings. The molecule has 31 heavy (non-hydrogen) atoms. The van der Waals surface area contributed by atoms with Gasteiger partial charge in [0, 0.05) is 78.0 Å². The first-order chi connectivity index (χ1) is 14.1. The smallest absolute Gasteiger partial charge is 0.549 e. The molecule has 0 aromatic rings. The summed E-state index contributed by atoms with van der Waals surface area (Å²) >= 11 is 0. The summed E-state index contributed by atoms with van der Waals surface area (Å²) in [6, 6.07) is -0.332. The summed E-state index contributed by atoms with van der Waals surface area (Å²) in [5.74, 6) is -5.19. The molecular weight excluding hydrogens is 557 g/mol. The average Bonchev–Trinajstić information content (AvgIpc) is 2.61. The van der Waals surface area contributed by atoms with Gasteiger partial charge >= 0.3 is 39.9 Å². The molecule has 1 aliphatic heterocycles. The fourth-order valence-electron chi connectivity index (χ4n) is 3.52. The topological polar surface area (TPSA) is 173 Å². The van der Waals surface area contributed by atoms with Gasteiger partial charge in [-0.15, -0.1) is 0 Å². The van der Waals surface area contributed by atoms with Gasteiger partial charge in [0.15, 0.2) is 0 Å². The van der Waals surface area contributed by atoms with Crippen LogP contribution < -0.4 is 20.4 Å². The molecule has 1 rings (SSSR count). The van der Waals surface area contributed by atoms with Crippen molar-refractivity contribution in [1.82, 2.24) is 19.6 Å². The Bertz CT molecular complexity index is 609. The van der Waals surface area contributed by atoms with E-state index in [4.69, 9.17) is 0 Å². The predicted octanol–water partition coefficient (Wildman–Crippen LogP) is -7.01. The fraction of sp³-hybridized carbons (Fsp3) is 0.778. The predicted molar refractivity (Wildman–Crippen MR) is 95.0 cm³/mol. The summed E-state index contributed by atoms with van der Waals surface area (Å²) in [4.78, 5) is 50.8. The van der Waals surface area contributed by atoms with Crippen molar-refractivity contribution in [2.24, 2.45) is 0 Å². The zero-order chi connectivity index (χ0) is 22.7.